The first-order valence-electron chi connectivity index (χ1n) is 5.85. The molecule has 1 aromatic carbocycles. The van der Waals surface area contributed by atoms with Crippen LogP contribution in [0.4, 0.5) is 0 Å². The minimum atomic E-state index is -0.143. The normalized spacial score (nSPS) is 12.5. The van der Waals surface area contributed by atoms with Gasteiger partial charge in [-0.1, -0.05) is 35.5 Å². The van der Waals surface area contributed by atoms with Crippen molar-refractivity contribution in [2.75, 3.05) is 0 Å². The van der Waals surface area contributed by atoms with Gasteiger partial charge in [-0.2, -0.15) is 4.98 Å². The molecule has 3 aromatic rings. The third-order valence-electron chi connectivity index (χ3n) is 2.74. The van der Waals surface area contributed by atoms with E-state index in [1.165, 1.54) is 11.3 Å². The van der Waals surface area contributed by atoms with Crippen LogP contribution in [0.15, 0.2) is 46.6 Å². The van der Waals surface area contributed by atoms with Crippen molar-refractivity contribution in [3.63, 3.8) is 0 Å². The number of benzene rings is 1. The Hall–Kier alpha value is -2.05. The molecule has 0 aliphatic carbocycles. The third-order valence-corrected chi connectivity index (χ3v) is 3.51. The van der Waals surface area contributed by atoms with Gasteiger partial charge in [0.25, 0.3) is 0 Å². The fraction of sp³-hybridized carbons (Fsp3) is 0.154. The fourth-order valence-electron chi connectivity index (χ4n) is 1.77. The van der Waals surface area contributed by atoms with Gasteiger partial charge >= 0.3 is 0 Å². The first-order valence-corrected chi connectivity index (χ1v) is 6.73. The highest BCUT2D eigenvalue weighted by atomic mass is 32.1. The number of aromatic nitrogens is 3. The average molecular weight is 272 g/mol. The third kappa shape index (κ3) is 2.69. The van der Waals surface area contributed by atoms with Crippen LogP contribution in [0.25, 0.3) is 10.7 Å². The Morgan fingerprint density at radius 1 is 1.26 bits per heavy atom. The van der Waals surface area contributed by atoms with Crippen LogP contribution >= 0.6 is 11.3 Å². The highest BCUT2D eigenvalue weighted by Gasteiger charge is 2.14. The second-order valence-corrected chi connectivity index (χ2v) is 4.99. The minimum absolute atomic E-state index is 0.143. The smallest absolute Gasteiger partial charge is 0.228 e. The number of thiazole rings is 1. The molecule has 0 amide bonds. The Morgan fingerprint density at radius 2 is 2.11 bits per heavy atom. The molecule has 2 heterocycles. The van der Waals surface area contributed by atoms with E-state index in [1.807, 2.05) is 30.3 Å². The molecule has 0 aliphatic heterocycles. The van der Waals surface area contributed by atoms with Gasteiger partial charge in [-0.25, -0.2) is 0 Å². The van der Waals surface area contributed by atoms with Gasteiger partial charge in [0, 0.05) is 18.7 Å². The summed E-state index contributed by atoms with van der Waals surface area (Å²) in [4.78, 5) is 9.21. The van der Waals surface area contributed by atoms with E-state index in [-0.39, 0.29) is 6.04 Å². The molecule has 2 N–H and O–H groups in total. The first kappa shape index (κ1) is 12.0. The molecule has 0 saturated heterocycles. The van der Waals surface area contributed by atoms with E-state index in [2.05, 4.69) is 15.1 Å². The number of hydrogen-bond donors (Lipinski definition) is 1. The lowest BCUT2D eigenvalue weighted by Crippen LogP contribution is -2.13. The van der Waals surface area contributed by atoms with Gasteiger partial charge in [0.2, 0.25) is 11.7 Å². The van der Waals surface area contributed by atoms with Crippen LogP contribution in [0, 0.1) is 0 Å². The monoisotopic (exact) mass is 272 g/mol. The van der Waals surface area contributed by atoms with Crippen LogP contribution in [-0.4, -0.2) is 15.1 Å². The van der Waals surface area contributed by atoms with Crippen LogP contribution in [0.2, 0.25) is 0 Å². The van der Waals surface area contributed by atoms with Crippen molar-refractivity contribution >= 4 is 11.3 Å². The van der Waals surface area contributed by atoms with E-state index in [0.717, 1.165) is 10.4 Å². The Bertz CT molecular complexity index is 636. The maximum Gasteiger partial charge on any atom is 0.228 e. The highest BCUT2D eigenvalue weighted by molar-refractivity contribution is 7.13. The summed E-state index contributed by atoms with van der Waals surface area (Å²) in [6, 6.07) is 9.73. The topological polar surface area (TPSA) is 77.8 Å². The van der Waals surface area contributed by atoms with Crippen LogP contribution in [0.1, 0.15) is 17.5 Å². The molecule has 1 unspecified atom stereocenters. The molecule has 96 valence electrons. The quantitative estimate of drug-likeness (QED) is 0.789. The second-order valence-electron chi connectivity index (χ2n) is 4.10. The molecule has 5 nitrogen and oxygen atoms in total. The molecular formula is C13H12N4OS. The van der Waals surface area contributed by atoms with Crippen LogP contribution in [-0.2, 0) is 6.42 Å². The Labute approximate surface area is 114 Å². The van der Waals surface area contributed by atoms with E-state index in [9.17, 15) is 0 Å². The molecule has 0 saturated carbocycles. The maximum absolute atomic E-state index is 6.12. The van der Waals surface area contributed by atoms with Gasteiger partial charge in [-0.3, -0.25) is 4.98 Å². The zero-order valence-corrected chi connectivity index (χ0v) is 10.9. The first-order chi connectivity index (χ1) is 9.33. The van der Waals surface area contributed by atoms with E-state index in [4.69, 9.17) is 10.3 Å². The lowest BCUT2D eigenvalue weighted by Gasteiger charge is -2.08. The molecule has 0 spiro atoms. The second kappa shape index (κ2) is 5.29. The number of nitrogens with zero attached hydrogens (tertiary/aromatic N) is 3. The Balaban J connectivity index is 1.74. The highest BCUT2D eigenvalue weighted by Crippen LogP contribution is 2.21. The van der Waals surface area contributed by atoms with Crippen LogP contribution in [0.5, 0.6) is 0 Å². The number of nitrogens with two attached hydrogens (primary N) is 1. The van der Waals surface area contributed by atoms with Gasteiger partial charge in [0.1, 0.15) is 0 Å². The van der Waals surface area contributed by atoms with E-state index in [0.29, 0.717) is 18.1 Å². The van der Waals surface area contributed by atoms with Gasteiger partial charge in [0.15, 0.2) is 0 Å². The summed E-state index contributed by atoms with van der Waals surface area (Å²) in [6.45, 7) is 0. The largest absolute Gasteiger partial charge is 0.339 e. The summed E-state index contributed by atoms with van der Waals surface area (Å²) >= 11 is 1.48. The molecule has 0 bridgehead atoms. The lowest BCUT2D eigenvalue weighted by atomic mass is 10.1. The summed E-state index contributed by atoms with van der Waals surface area (Å²) in [5.74, 6) is 1.11. The fourth-order valence-corrected chi connectivity index (χ4v) is 2.32. The lowest BCUT2D eigenvalue weighted by molar-refractivity contribution is 0.370. The van der Waals surface area contributed by atoms with Crippen LogP contribution < -0.4 is 5.73 Å². The molecule has 3 rings (SSSR count). The van der Waals surface area contributed by atoms with Crippen molar-refractivity contribution in [2.24, 2.45) is 5.73 Å². The molecule has 0 radical (unpaired) electrons. The van der Waals surface area contributed by atoms with Gasteiger partial charge in [-0.05, 0) is 5.56 Å². The van der Waals surface area contributed by atoms with Crippen molar-refractivity contribution in [3.05, 3.63) is 53.5 Å². The summed E-state index contributed by atoms with van der Waals surface area (Å²) in [6.07, 6.45) is 2.24. The molecule has 1 atom stereocenters. The summed E-state index contributed by atoms with van der Waals surface area (Å²) in [7, 11) is 0. The molecule has 19 heavy (non-hydrogen) atoms. The molecule has 0 aliphatic rings. The molecule has 0 fully saturated rings. The van der Waals surface area contributed by atoms with Crippen molar-refractivity contribution < 1.29 is 4.52 Å². The number of hydrogen-bond acceptors (Lipinski definition) is 6. The Morgan fingerprint density at radius 3 is 2.84 bits per heavy atom. The maximum atomic E-state index is 6.12. The van der Waals surface area contributed by atoms with Crippen LogP contribution in [0.3, 0.4) is 0 Å². The summed E-state index contributed by atoms with van der Waals surface area (Å²) in [5.41, 5.74) is 8.91. The van der Waals surface area contributed by atoms with Crippen molar-refractivity contribution in [1.82, 2.24) is 15.1 Å². The molecule has 2 aromatic heterocycles. The SMILES string of the molecule is NC(Cc1nc(-c2cncs2)no1)c1ccccc1. The predicted molar refractivity (Wildman–Crippen MR) is 72.5 cm³/mol. The van der Waals surface area contributed by atoms with Crippen molar-refractivity contribution in [3.8, 4) is 10.7 Å². The summed E-state index contributed by atoms with van der Waals surface area (Å²) < 4.78 is 5.22. The van der Waals surface area contributed by atoms with E-state index in [1.54, 1.807) is 11.7 Å². The van der Waals surface area contributed by atoms with E-state index >= 15 is 0 Å². The standard InChI is InChI=1S/C13H12N4OS/c14-10(9-4-2-1-3-5-9)6-12-16-13(17-18-12)11-7-15-8-19-11/h1-5,7-8,10H,6,14H2. The zero-order chi connectivity index (χ0) is 13.1. The van der Waals surface area contributed by atoms with E-state index < -0.39 is 0 Å². The van der Waals surface area contributed by atoms with Crippen molar-refractivity contribution in [2.45, 2.75) is 12.5 Å². The van der Waals surface area contributed by atoms with Gasteiger partial charge < -0.3 is 10.3 Å². The Kier molecular flexibility index (Phi) is 3.35. The van der Waals surface area contributed by atoms with Crippen molar-refractivity contribution in [1.29, 1.82) is 0 Å². The average Bonchev–Trinajstić information content (AvgIpc) is 3.10. The molecular weight excluding hydrogens is 260 g/mol. The minimum Gasteiger partial charge on any atom is -0.339 e. The van der Waals surface area contributed by atoms with Gasteiger partial charge in [-0.15, -0.1) is 11.3 Å². The zero-order valence-electron chi connectivity index (χ0n) is 10.1. The van der Waals surface area contributed by atoms with Gasteiger partial charge in [0.05, 0.1) is 10.4 Å². The molecule has 6 heteroatoms. The number of rotatable bonds is 4. The summed E-state index contributed by atoms with van der Waals surface area (Å²) in [5, 5.41) is 3.93. The predicted octanol–water partition coefficient (Wildman–Crippen LogP) is 2.44.